The van der Waals surface area contributed by atoms with Crippen LogP contribution in [0.4, 0.5) is 11.5 Å². The number of hydrogen-bond donors (Lipinski definition) is 5. The first kappa shape index (κ1) is 23.4. The number of aryl methyl sites for hydroxylation is 1. The van der Waals surface area contributed by atoms with E-state index in [1.807, 2.05) is 19.1 Å². The van der Waals surface area contributed by atoms with E-state index >= 15 is 0 Å². The second kappa shape index (κ2) is 9.14. The zero-order chi connectivity index (χ0) is 26.4. The number of carbonyl (C=O) groups excluding carboxylic acids is 2. The van der Waals surface area contributed by atoms with E-state index in [9.17, 15) is 19.5 Å². The van der Waals surface area contributed by atoms with Gasteiger partial charge in [-0.25, -0.2) is 14.8 Å². The summed E-state index contributed by atoms with van der Waals surface area (Å²) >= 11 is 0. The van der Waals surface area contributed by atoms with Gasteiger partial charge in [0.1, 0.15) is 23.1 Å². The Labute approximate surface area is 215 Å². The third-order valence-electron chi connectivity index (χ3n) is 6.83. The zero-order valence-corrected chi connectivity index (χ0v) is 20.2. The number of aromatic nitrogens is 4. The molecule has 0 fully saturated rings. The summed E-state index contributed by atoms with van der Waals surface area (Å²) in [5.74, 6) is -0.502. The lowest BCUT2D eigenvalue weighted by atomic mass is 10.0. The van der Waals surface area contributed by atoms with E-state index in [4.69, 9.17) is 4.74 Å². The summed E-state index contributed by atoms with van der Waals surface area (Å²) in [7, 11) is 0. The number of hydrogen-bond acceptors (Lipinski definition) is 8. The Morgan fingerprint density at radius 1 is 1.18 bits per heavy atom. The van der Waals surface area contributed by atoms with Crippen molar-refractivity contribution < 1.29 is 24.2 Å². The Morgan fingerprint density at radius 3 is 2.89 bits per heavy atom. The van der Waals surface area contributed by atoms with E-state index in [1.165, 1.54) is 6.33 Å². The van der Waals surface area contributed by atoms with Gasteiger partial charge in [0.05, 0.1) is 23.3 Å². The van der Waals surface area contributed by atoms with Crippen molar-refractivity contribution in [3.05, 3.63) is 70.7 Å². The molecule has 2 aromatic carbocycles. The molecule has 1 aliphatic heterocycles. The lowest BCUT2D eigenvalue weighted by Crippen LogP contribution is -2.28. The molecule has 2 amide bonds. The SMILES string of the molecule is CC(Nc1n[nH]c2c(C(=O)N[C@H]3CCc4cc(C(=O)O)ccc43)ncnc12)c1ccc2c(c1)NC(=O)CO2. The van der Waals surface area contributed by atoms with Crippen LogP contribution in [0, 0.1) is 0 Å². The number of carbonyl (C=O) groups is 3. The Hall–Kier alpha value is -5.00. The van der Waals surface area contributed by atoms with Gasteiger partial charge < -0.3 is 25.8 Å². The summed E-state index contributed by atoms with van der Waals surface area (Å²) < 4.78 is 5.42. The van der Waals surface area contributed by atoms with Crippen molar-refractivity contribution in [1.82, 2.24) is 25.5 Å². The fourth-order valence-electron chi connectivity index (χ4n) is 4.89. The van der Waals surface area contributed by atoms with Crippen LogP contribution in [0.1, 0.15) is 63.0 Å². The van der Waals surface area contributed by atoms with E-state index in [-0.39, 0.29) is 41.8 Å². The fourth-order valence-corrected chi connectivity index (χ4v) is 4.89. The number of aromatic carboxylic acids is 1. The van der Waals surface area contributed by atoms with Gasteiger partial charge in [-0.1, -0.05) is 12.1 Å². The van der Waals surface area contributed by atoms with E-state index in [0.717, 1.165) is 16.7 Å². The number of carboxylic acid groups (broad SMARTS) is 1. The maximum atomic E-state index is 13.2. The lowest BCUT2D eigenvalue weighted by molar-refractivity contribution is -0.118. The Morgan fingerprint density at radius 2 is 2.05 bits per heavy atom. The molecular weight excluding hydrogens is 490 g/mol. The van der Waals surface area contributed by atoms with Crippen molar-refractivity contribution in [3.63, 3.8) is 0 Å². The number of benzene rings is 2. The van der Waals surface area contributed by atoms with E-state index in [2.05, 4.69) is 36.1 Å². The summed E-state index contributed by atoms with van der Waals surface area (Å²) in [6, 6.07) is 10.0. The van der Waals surface area contributed by atoms with Gasteiger partial charge in [-0.05, 0) is 60.7 Å². The fraction of sp³-hybridized carbons (Fsp3) is 0.231. The van der Waals surface area contributed by atoms with Gasteiger partial charge in [0.15, 0.2) is 18.1 Å². The minimum atomic E-state index is -0.978. The van der Waals surface area contributed by atoms with E-state index < -0.39 is 5.97 Å². The number of nitrogens with one attached hydrogen (secondary N) is 4. The van der Waals surface area contributed by atoms with E-state index in [0.29, 0.717) is 41.1 Å². The number of anilines is 2. The van der Waals surface area contributed by atoms with Gasteiger partial charge in [0, 0.05) is 0 Å². The normalized spacial score (nSPS) is 16.7. The standard InChI is InChI=1S/C26H23N7O5/c1-12(13-4-7-19-18(9-13)30-20(34)10-38-19)29-24-22-21(32-33-24)23(28-11-27-22)25(35)31-17-6-3-14-8-15(26(36)37)2-5-16(14)17/h2,4-5,7-9,11-12,17H,3,6,10H2,1H3,(H,30,34)(H,31,35)(H,36,37)(H2,29,32,33)/t12?,17-/m0/s1. The van der Waals surface area contributed by atoms with Gasteiger partial charge in [-0.2, -0.15) is 5.10 Å². The molecule has 2 aliphatic rings. The Bertz CT molecular complexity index is 1620. The van der Waals surface area contributed by atoms with Crippen LogP contribution in [-0.2, 0) is 11.2 Å². The van der Waals surface area contributed by atoms with Gasteiger partial charge in [0.25, 0.3) is 11.8 Å². The highest BCUT2D eigenvalue weighted by molar-refractivity contribution is 6.05. The molecule has 2 atom stereocenters. The molecule has 0 bridgehead atoms. The highest BCUT2D eigenvalue weighted by Gasteiger charge is 2.27. The molecule has 0 spiro atoms. The van der Waals surface area contributed by atoms with Crippen molar-refractivity contribution in [2.75, 3.05) is 17.2 Å². The summed E-state index contributed by atoms with van der Waals surface area (Å²) in [6.07, 6.45) is 2.66. The molecule has 12 heteroatoms. The number of carboxylic acids is 1. The summed E-state index contributed by atoms with van der Waals surface area (Å²) in [5, 5.41) is 25.6. The van der Waals surface area contributed by atoms with Crippen molar-refractivity contribution in [1.29, 1.82) is 0 Å². The van der Waals surface area contributed by atoms with Crippen molar-refractivity contribution >= 4 is 40.3 Å². The number of nitrogens with zero attached hydrogens (tertiary/aromatic N) is 3. The molecule has 5 N–H and O–H groups in total. The maximum Gasteiger partial charge on any atom is 0.335 e. The molecule has 1 aliphatic carbocycles. The molecule has 0 radical (unpaired) electrons. The van der Waals surface area contributed by atoms with Crippen LogP contribution in [-0.4, -0.2) is 49.7 Å². The largest absolute Gasteiger partial charge is 0.482 e. The number of fused-ring (bicyclic) bond motifs is 3. The van der Waals surface area contributed by atoms with Crippen LogP contribution in [0.25, 0.3) is 11.0 Å². The Balaban J connectivity index is 1.21. The molecule has 1 unspecified atom stereocenters. The molecule has 38 heavy (non-hydrogen) atoms. The molecule has 3 heterocycles. The van der Waals surface area contributed by atoms with Crippen molar-refractivity contribution in [2.24, 2.45) is 0 Å². The second-order valence-electron chi connectivity index (χ2n) is 9.26. The predicted molar refractivity (Wildman–Crippen MR) is 136 cm³/mol. The number of ether oxygens (including phenoxy) is 1. The molecule has 192 valence electrons. The minimum Gasteiger partial charge on any atom is -0.482 e. The third-order valence-corrected chi connectivity index (χ3v) is 6.83. The zero-order valence-electron chi connectivity index (χ0n) is 20.2. The average molecular weight is 514 g/mol. The smallest absolute Gasteiger partial charge is 0.335 e. The summed E-state index contributed by atoms with van der Waals surface area (Å²) in [4.78, 5) is 44.7. The predicted octanol–water partition coefficient (Wildman–Crippen LogP) is 2.97. The van der Waals surface area contributed by atoms with Crippen LogP contribution in [0.5, 0.6) is 5.75 Å². The number of aromatic amines is 1. The van der Waals surface area contributed by atoms with Crippen LogP contribution in [0.15, 0.2) is 42.7 Å². The van der Waals surface area contributed by atoms with Crippen molar-refractivity contribution in [2.45, 2.75) is 31.8 Å². The highest BCUT2D eigenvalue weighted by atomic mass is 16.5. The second-order valence-corrected chi connectivity index (χ2v) is 9.26. The third kappa shape index (κ3) is 4.15. The minimum absolute atomic E-state index is 0.00602. The topological polar surface area (TPSA) is 171 Å². The highest BCUT2D eigenvalue weighted by Crippen LogP contribution is 2.34. The van der Waals surface area contributed by atoms with E-state index in [1.54, 1.807) is 24.3 Å². The first-order valence-electron chi connectivity index (χ1n) is 12.1. The van der Waals surface area contributed by atoms with Gasteiger partial charge in [0.2, 0.25) is 0 Å². The summed E-state index contributed by atoms with van der Waals surface area (Å²) in [5.41, 5.74) is 4.56. The van der Waals surface area contributed by atoms with Gasteiger partial charge >= 0.3 is 5.97 Å². The monoisotopic (exact) mass is 513 g/mol. The van der Waals surface area contributed by atoms with Crippen LogP contribution >= 0.6 is 0 Å². The summed E-state index contributed by atoms with van der Waals surface area (Å²) in [6.45, 7) is 1.93. The van der Waals surface area contributed by atoms with Gasteiger partial charge in [-0.3, -0.25) is 14.7 Å². The molecule has 6 rings (SSSR count). The van der Waals surface area contributed by atoms with Crippen LogP contribution in [0.2, 0.25) is 0 Å². The quantitative estimate of drug-likeness (QED) is 0.260. The average Bonchev–Trinajstić information content (AvgIpc) is 3.51. The maximum absolute atomic E-state index is 13.2. The molecule has 0 saturated carbocycles. The number of amides is 2. The Kier molecular flexibility index (Phi) is 5.63. The van der Waals surface area contributed by atoms with Gasteiger partial charge in [-0.15, -0.1) is 0 Å². The first-order valence-corrected chi connectivity index (χ1v) is 12.1. The molecular formula is C26H23N7O5. The first-order chi connectivity index (χ1) is 18.4. The lowest BCUT2D eigenvalue weighted by Gasteiger charge is -2.20. The molecule has 0 saturated heterocycles. The van der Waals surface area contributed by atoms with Crippen LogP contribution < -0.4 is 20.7 Å². The molecule has 12 nitrogen and oxygen atoms in total. The number of rotatable bonds is 6. The number of H-pyrrole nitrogens is 1. The molecule has 4 aromatic rings. The van der Waals surface area contributed by atoms with Crippen molar-refractivity contribution in [3.8, 4) is 5.75 Å². The molecule has 2 aromatic heterocycles. The van der Waals surface area contributed by atoms with Crippen LogP contribution in [0.3, 0.4) is 0 Å².